The number of aryl methyl sites for hydroxylation is 2. The van der Waals surface area contributed by atoms with Gasteiger partial charge in [0.25, 0.3) is 10.1 Å². The Hall–Kier alpha value is -1.99. The number of thiophene rings is 1. The van der Waals surface area contributed by atoms with Gasteiger partial charge in [0.05, 0.1) is 25.4 Å². The number of unbranched alkanes of at least 4 members (excludes halogenated alkanes) is 1. The molecule has 0 saturated heterocycles. The average molecular weight is 487 g/mol. The highest BCUT2D eigenvalue weighted by Crippen LogP contribution is 2.40. The van der Waals surface area contributed by atoms with E-state index < -0.39 is 10.1 Å². The highest BCUT2D eigenvalue weighted by molar-refractivity contribution is 7.85. The summed E-state index contributed by atoms with van der Waals surface area (Å²) in [6.45, 7) is 12.4. The summed E-state index contributed by atoms with van der Waals surface area (Å²) in [5, 5.41) is 0. The van der Waals surface area contributed by atoms with E-state index in [4.69, 9.17) is 4.55 Å². The molecule has 1 aromatic heterocycles. The van der Waals surface area contributed by atoms with Crippen molar-refractivity contribution in [3.63, 3.8) is 0 Å². The maximum Gasteiger partial charge on any atom is 0.264 e. The lowest BCUT2D eigenvalue weighted by molar-refractivity contribution is -0.937. The summed E-state index contributed by atoms with van der Waals surface area (Å²) in [5.74, 6) is -0.162. The number of hydrogen-bond donors (Lipinski definition) is 1. The SMILES string of the molecule is CC[N+](CC)(CCCCS(=O)(=O)O)Cc1cc(-c2ccc(C)cc2)sc1-c1ccc(C)cc1. The van der Waals surface area contributed by atoms with E-state index in [1.165, 1.54) is 37.6 Å². The topological polar surface area (TPSA) is 54.4 Å². The predicted octanol–water partition coefficient (Wildman–Crippen LogP) is 6.72. The minimum atomic E-state index is -3.90. The molecule has 0 unspecified atom stereocenters. The van der Waals surface area contributed by atoms with Gasteiger partial charge in [-0.1, -0.05) is 59.7 Å². The van der Waals surface area contributed by atoms with Gasteiger partial charge in [-0.2, -0.15) is 8.42 Å². The van der Waals surface area contributed by atoms with Crippen molar-refractivity contribution < 1.29 is 17.5 Å². The lowest BCUT2D eigenvalue weighted by Crippen LogP contribution is -2.47. The molecule has 0 aliphatic carbocycles. The van der Waals surface area contributed by atoms with Gasteiger partial charge < -0.3 is 4.48 Å². The van der Waals surface area contributed by atoms with Crippen LogP contribution in [0.5, 0.6) is 0 Å². The maximum atomic E-state index is 11.1. The fourth-order valence-corrected chi connectivity index (χ4v) is 6.04. The summed E-state index contributed by atoms with van der Waals surface area (Å²) in [6.07, 6.45) is 1.26. The molecule has 6 heteroatoms. The monoisotopic (exact) mass is 486 g/mol. The zero-order valence-corrected chi connectivity index (χ0v) is 21.8. The summed E-state index contributed by atoms with van der Waals surface area (Å²) >= 11 is 1.85. The van der Waals surface area contributed by atoms with Gasteiger partial charge in [0.2, 0.25) is 0 Å². The van der Waals surface area contributed by atoms with Crippen LogP contribution in [-0.4, -0.2) is 42.8 Å². The van der Waals surface area contributed by atoms with Crippen LogP contribution in [0.25, 0.3) is 20.9 Å². The van der Waals surface area contributed by atoms with Crippen LogP contribution in [0.1, 0.15) is 43.4 Å². The Morgan fingerprint density at radius 1 is 0.848 bits per heavy atom. The molecule has 0 amide bonds. The predicted molar refractivity (Wildman–Crippen MR) is 140 cm³/mol. The minimum Gasteiger partial charge on any atom is -0.320 e. The Morgan fingerprint density at radius 3 is 1.91 bits per heavy atom. The number of rotatable bonds is 11. The van der Waals surface area contributed by atoms with Gasteiger partial charge in [-0.25, -0.2) is 0 Å². The van der Waals surface area contributed by atoms with Crippen LogP contribution in [0.3, 0.4) is 0 Å². The first-order valence-electron chi connectivity index (χ1n) is 11.7. The van der Waals surface area contributed by atoms with Crippen LogP contribution in [0.15, 0.2) is 54.6 Å². The zero-order valence-electron chi connectivity index (χ0n) is 20.2. The van der Waals surface area contributed by atoms with Crippen LogP contribution in [0.2, 0.25) is 0 Å². The molecule has 0 aliphatic heterocycles. The first-order chi connectivity index (χ1) is 15.6. The van der Waals surface area contributed by atoms with E-state index in [1.54, 1.807) is 0 Å². The molecule has 0 fully saturated rings. The highest BCUT2D eigenvalue weighted by atomic mass is 32.2. The van der Waals surface area contributed by atoms with E-state index in [0.717, 1.165) is 37.1 Å². The average Bonchev–Trinajstić information content (AvgIpc) is 3.19. The van der Waals surface area contributed by atoms with Gasteiger partial charge in [-0.3, -0.25) is 4.55 Å². The van der Waals surface area contributed by atoms with Gasteiger partial charge in [0, 0.05) is 15.3 Å². The molecule has 1 N–H and O–H groups in total. The second kappa shape index (κ2) is 11.0. The van der Waals surface area contributed by atoms with Crippen LogP contribution in [0.4, 0.5) is 0 Å². The molecule has 178 valence electrons. The molecule has 1 heterocycles. The van der Waals surface area contributed by atoms with E-state index in [0.29, 0.717) is 6.42 Å². The second-order valence-electron chi connectivity index (χ2n) is 9.05. The lowest BCUT2D eigenvalue weighted by atomic mass is 10.0. The molecule has 3 rings (SSSR count). The first-order valence-corrected chi connectivity index (χ1v) is 14.1. The van der Waals surface area contributed by atoms with Crippen LogP contribution >= 0.6 is 11.3 Å². The fraction of sp³-hybridized carbons (Fsp3) is 0.407. The molecule has 0 atom stereocenters. The van der Waals surface area contributed by atoms with Crippen LogP contribution < -0.4 is 0 Å². The summed E-state index contributed by atoms with van der Waals surface area (Å²) in [5.41, 5.74) is 6.34. The Bertz CT molecular complexity index is 1140. The molecule has 3 aromatic rings. The molecule has 4 nitrogen and oxygen atoms in total. The largest absolute Gasteiger partial charge is 0.320 e. The van der Waals surface area contributed by atoms with Crippen molar-refractivity contribution in [1.29, 1.82) is 0 Å². The van der Waals surface area contributed by atoms with Crippen molar-refractivity contribution >= 4 is 21.5 Å². The zero-order chi connectivity index (χ0) is 24.1. The molecule has 0 bridgehead atoms. The van der Waals surface area contributed by atoms with E-state index >= 15 is 0 Å². The van der Waals surface area contributed by atoms with Crippen LogP contribution in [0, 0.1) is 13.8 Å². The maximum absolute atomic E-state index is 11.1. The third-order valence-corrected chi connectivity index (χ3v) is 8.67. The number of quaternary nitrogens is 1. The van der Waals surface area contributed by atoms with Crippen molar-refractivity contribution in [3.8, 4) is 20.9 Å². The van der Waals surface area contributed by atoms with Crippen LogP contribution in [-0.2, 0) is 16.7 Å². The van der Waals surface area contributed by atoms with E-state index in [2.05, 4.69) is 82.3 Å². The van der Waals surface area contributed by atoms with E-state index in [-0.39, 0.29) is 5.75 Å². The van der Waals surface area contributed by atoms with Crippen molar-refractivity contribution in [2.24, 2.45) is 0 Å². The summed E-state index contributed by atoms with van der Waals surface area (Å²) < 4.78 is 32.2. The van der Waals surface area contributed by atoms with Gasteiger partial charge in [0.15, 0.2) is 0 Å². The second-order valence-corrected chi connectivity index (χ2v) is 11.7. The number of hydrogen-bond acceptors (Lipinski definition) is 3. The Kier molecular flexibility index (Phi) is 8.51. The molecule has 33 heavy (non-hydrogen) atoms. The normalized spacial score (nSPS) is 12.3. The van der Waals surface area contributed by atoms with Gasteiger partial charge >= 0.3 is 0 Å². The van der Waals surface area contributed by atoms with Gasteiger partial charge in [0.1, 0.15) is 6.54 Å². The lowest BCUT2D eigenvalue weighted by Gasteiger charge is -2.37. The van der Waals surface area contributed by atoms with E-state index in [1.807, 2.05) is 11.3 Å². The van der Waals surface area contributed by atoms with E-state index in [9.17, 15) is 8.42 Å². The number of benzene rings is 2. The Balaban J connectivity index is 1.94. The number of nitrogens with zero attached hydrogens (tertiary/aromatic N) is 1. The minimum absolute atomic E-state index is 0.162. The molecular weight excluding hydrogens is 450 g/mol. The van der Waals surface area contributed by atoms with Crippen molar-refractivity contribution in [1.82, 2.24) is 0 Å². The molecular formula is C27H36NO3S2+. The molecule has 0 aliphatic rings. The summed E-state index contributed by atoms with van der Waals surface area (Å²) in [4.78, 5) is 2.59. The smallest absolute Gasteiger partial charge is 0.264 e. The third kappa shape index (κ3) is 7.00. The molecule has 0 saturated carbocycles. The highest BCUT2D eigenvalue weighted by Gasteiger charge is 2.27. The van der Waals surface area contributed by atoms with Crippen molar-refractivity contribution in [2.45, 2.75) is 47.1 Å². The molecule has 0 spiro atoms. The fourth-order valence-electron chi connectivity index (χ4n) is 4.29. The molecule has 0 radical (unpaired) electrons. The van der Waals surface area contributed by atoms with Crippen molar-refractivity contribution in [3.05, 3.63) is 71.3 Å². The van der Waals surface area contributed by atoms with Gasteiger partial charge in [-0.15, -0.1) is 11.3 Å². The Morgan fingerprint density at radius 2 is 1.39 bits per heavy atom. The first kappa shape index (κ1) is 25.6. The summed E-state index contributed by atoms with van der Waals surface area (Å²) in [6, 6.07) is 19.8. The third-order valence-electron chi connectivity index (χ3n) is 6.59. The molecule has 2 aromatic carbocycles. The van der Waals surface area contributed by atoms with Crippen molar-refractivity contribution in [2.75, 3.05) is 25.4 Å². The quantitative estimate of drug-likeness (QED) is 0.186. The standard InChI is InChI=1S/C27H35NO3S2/c1-5-28(6-2,17-7-8-18-33(29,30)31)20-25-19-26(23-13-9-21(3)10-14-23)32-27(25)24-15-11-22(4)12-16-24/h9-16,19H,5-8,17-18,20H2,1-4H3/p+1. The van der Waals surface area contributed by atoms with Gasteiger partial charge in [-0.05, 0) is 57.7 Å². The Labute approximate surface area is 203 Å². The summed E-state index contributed by atoms with van der Waals surface area (Å²) in [7, 11) is -3.90.